The Morgan fingerprint density at radius 2 is 1.83 bits per heavy atom. The summed E-state index contributed by atoms with van der Waals surface area (Å²) in [5.41, 5.74) is 2.04. The minimum absolute atomic E-state index is 0.0868. The van der Waals surface area contributed by atoms with Crippen LogP contribution in [0, 0.1) is 0 Å². The van der Waals surface area contributed by atoms with E-state index in [0.29, 0.717) is 30.1 Å². The second-order valence-corrected chi connectivity index (χ2v) is 5.47. The van der Waals surface area contributed by atoms with E-state index in [1.807, 2.05) is 12.1 Å². The van der Waals surface area contributed by atoms with Crippen molar-refractivity contribution in [1.29, 1.82) is 0 Å². The molecule has 0 unspecified atom stereocenters. The highest BCUT2D eigenvalue weighted by atomic mass is 16.5. The van der Waals surface area contributed by atoms with E-state index in [2.05, 4.69) is 10.6 Å². The van der Waals surface area contributed by atoms with Crippen molar-refractivity contribution in [2.75, 3.05) is 30.4 Å². The molecule has 0 radical (unpaired) electrons. The Balaban J connectivity index is 1.67. The van der Waals surface area contributed by atoms with Crippen molar-refractivity contribution in [2.45, 2.75) is 6.42 Å². The summed E-state index contributed by atoms with van der Waals surface area (Å²) in [6.45, 7) is 1.41. The smallest absolute Gasteiger partial charge is 0.321 e. The molecular weight excluding hydrogens is 306 g/mol. The molecule has 0 atom stereocenters. The predicted molar refractivity (Wildman–Crippen MR) is 92.8 cm³/mol. The van der Waals surface area contributed by atoms with Gasteiger partial charge in [-0.25, -0.2) is 4.79 Å². The summed E-state index contributed by atoms with van der Waals surface area (Å²) in [6, 6.07) is 14.1. The van der Waals surface area contributed by atoms with Crippen molar-refractivity contribution in [1.82, 2.24) is 5.32 Å². The fourth-order valence-corrected chi connectivity index (χ4v) is 2.55. The van der Waals surface area contributed by atoms with Gasteiger partial charge in [0.25, 0.3) is 5.91 Å². The number of methoxy groups -OCH3 is 1. The highest BCUT2D eigenvalue weighted by Gasteiger charge is 2.18. The molecule has 1 heterocycles. The summed E-state index contributed by atoms with van der Waals surface area (Å²) >= 11 is 0. The van der Waals surface area contributed by atoms with Crippen LogP contribution in [0.15, 0.2) is 48.5 Å². The van der Waals surface area contributed by atoms with Crippen LogP contribution >= 0.6 is 0 Å². The van der Waals surface area contributed by atoms with Crippen LogP contribution in [0.5, 0.6) is 5.75 Å². The van der Waals surface area contributed by atoms with Gasteiger partial charge >= 0.3 is 6.03 Å². The quantitative estimate of drug-likeness (QED) is 0.908. The molecule has 1 fully saturated rings. The van der Waals surface area contributed by atoms with Crippen molar-refractivity contribution in [3.8, 4) is 5.75 Å². The van der Waals surface area contributed by atoms with Crippen molar-refractivity contribution in [2.24, 2.45) is 0 Å². The summed E-state index contributed by atoms with van der Waals surface area (Å²) in [4.78, 5) is 25.7. The molecule has 0 aliphatic carbocycles. The largest absolute Gasteiger partial charge is 0.497 e. The number of carbonyl (C=O) groups is 2. The molecule has 6 nitrogen and oxygen atoms in total. The minimum atomic E-state index is -0.193. The first-order chi connectivity index (χ1) is 11.7. The standard InChI is InChI=1S/C18H19N3O3/c1-24-16-9-3-13(4-10-16)17(22)20-14-5-7-15(8-6-14)21-12-2-11-19-18(21)23/h3-10H,2,11-12H2,1H3,(H,19,23)(H,20,22). The number of anilines is 2. The first-order valence-corrected chi connectivity index (χ1v) is 7.78. The molecule has 0 saturated carbocycles. The molecule has 0 spiro atoms. The molecule has 0 aromatic heterocycles. The molecule has 124 valence electrons. The lowest BCUT2D eigenvalue weighted by molar-refractivity contribution is 0.102. The van der Waals surface area contributed by atoms with Gasteiger partial charge in [0.2, 0.25) is 0 Å². The van der Waals surface area contributed by atoms with Crippen LogP contribution in [0.25, 0.3) is 0 Å². The Morgan fingerprint density at radius 3 is 2.46 bits per heavy atom. The van der Waals surface area contributed by atoms with Gasteiger partial charge in [-0.3, -0.25) is 9.69 Å². The second kappa shape index (κ2) is 7.04. The maximum Gasteiger partial charge on any atom is 0.321 e. The van der Waals surface area contributed by atoms with Gasteiger partial charge in [0.15, 0.2) is 0 Å². The third-order valence-corrected chi connectivity index (χ3v) is 3.87. The first-order valence-electron chi connectivity index (χ1n) is 7.78. The molecule has 3 rings (SSSR count). The van der Waals surface area contributed by atoms with Crippen molar-refractivity contribution in [3.63, 3.8) is 0 Å². The summed E-state index contributed by atoms with van der Waals surface area (Å²) in [7, 11) is 1.58. The maximum absolute atomic E-state index is 12.2. The number of nitrogens with one attached hydrogen (secondary N) is 2. The summed E-state index contributed by atoms with van der Waals surface area (Å²) in [5, 5.41) is 5.65. The van der Waals surface area contributed by atoms with E-state index in [0.717, 1.165) is 12.1 Å². The van der Waals surface area contributed by atoms with Gasteiger partial charge in [-0.1, -0.05) is 0 Å². The Bertz CT molecular complexity index is 726. The molecule has 2 N–H and O–H groups in total. The fourth-order valence-electron chi connectivity index (χ4n) is 2.55. The lowest BCUT2D eigenvalue weighted by Crippen LogP contribution is -2.46. The molecule has 2 aromatic rings. The lowest BCUT2D eigenvalue weighted by atomic mass is 10.2. The number of ether oxygens (including phenoxy) is 1. The summed E-state index contributed by atoms with van der Waals surface area (Å²) in [6.07, 6.45) is 0.918. The Hall–Kier alpha value is -3.02. The number of carbonyl (C=O) groups excluding carboxylic acids is 2. The van der Waals surface area contributed by atoms with Gasteiger partial charge in [0.1, 0.15) is 5.75 Å². The van der Waals surface area contributed by atoms with E-state index in [1.54, 1.807) is 48.4 Å². The number of benzene rings is 2. The lowest BCUT2D eigenvalue weighted by Gasteiger charge is -2.27. The van der Waals surface area contributed by atoms with E-state index in [-0.39, 0.29) is 11.9 Å². The average molecular weight is 325 g/mol. The van der Waals surface area contributed by atoms with Crippen molar-refractivity contribution < 1.29 is 14.3 Å². The van der Waals surface area contributed by atoms with E-state index in [9.17, 15) is 9.59 Å². The second-order valence-electron chi connectivity index (χ2n) is 5.47. The van der Waals surface area contributed by atoms with Crippen LogP contribution < -0.4 is 20.3 Å². The number of urea groups is 1. The molecule has 0 bridgehead atoms. The van der Waals surface area contributed by atoms with E-state index in [4.69, 9.17) is 4.74 Å². The average Bonchev–Trinajstić information content (AvgIpc) is 2.63. The van der Waals surface area contributed by atoms with Gasteiger partial charge in [0, 0.05) is 30.0 Å². The number of hydrogen-bond acceptors (Lipinski definition) is 3. The molecule has 6 heteroatoms. The van der Waals surface area contributed by atoms with E-state index >= 15 is 0 Å². The molecule has 24 heavy (non-hydrogen) atoms. The van der Waals surface area contributed by atoms with Gasteiger partial charge in [-0.05, 0) is 55.0 Å². The van der Waals surface area contributed by atoms with Crippen molar-refractivity contribution >= 4 is 23.3 Å². The maximum atomic E-state index is 12.2. The van der Waals surface area contributed by atoms with E-state index in [1.165, 1.54) is 0 Å². The van der Waals surface area contributed by atoms with Crippen LogP contribution in [0.2, 0.25) is 0 Å². The third kappa shape index (κ3) is 3.48. The fraction of sp³-hybridized carbons (Fsp3) is 0.222. The topological polar surface area (TPSA) is 70.7 Å². The monoisotopic (exact) mass is 325 g/mol. The summed E-state index contributed by atoms with van der Waals surface area (Å²) < 4.78 is 5.08. The molecular formula is C18H19N3O3. The normalized spacial score (nSPS) is 14.0. The zero-order valence-corrected chi connectivity index (χ0v) is 13.4. The van der Waals surface area contributed by atoms with Crippen LogP contribution in [0.4, 0.5) is 16.2 Å². The number of nitrogens with zero attached hydrogens (tertiary/aromatic N) is 1. The van der Waals surface area contributed by atoms with Crippen LogP contribution in [-0.2, 0) is 0 Å². The number of hydrogen-bond donors (Lipinski definition) is 2. The molecule has 2 aromatic carbocycles. The molecule has 1 aliphatic heterocycles. The van der Waals surface area contributed by atoms with Gasteiger partial charge < -0.3 is 15.4 Å². The first kappa shape index (κ1) is 15.9. The molecule has 1 saturated heterocycles. The highest BCUT2D eigenvalue weighted by Crippen LogP contribution is 2.20. The number of rotatable bonds is 4. The Labute approximate surface area is 140 Å². The Kier molecular flexibility index (Phi) is 4.65. The predicted octanol–water partition coefficient (Wildman–Crippen LogP) is 2.87. The van der Waals surface area contributed by atoms with Gasteiger partial charge in [0.05, 0.1) is 7.11 Å². The van der Waals surface area contributed by atoms with Gasteiger partial charge in [-0.2, -0.15) is 0 Å². The van der Waals surface area contributed by atoms with Crippen LogP contribution in [-0.4, -0.2) is 32.1 Å². The van der Waals surface area contributed by atoms with E-state index < -0.39 is 0 Å². The summed E-state index contributed by atoms with van der Waals surface area (Å²) in [5.74, 6) is 0.511. The van der Waals surface area contributed by atoms with Gasteiger partial charge in [-0.15, -0.1) is 0 Å². The van der Waals surface area contributed by atoms with Crippen molar-refractivity contribution in [3.05, 3.63) is 54.1 Å². The zero-order chi connectivity index (χ0) is 16.9. The molecule has 3 amide bonds. The highest BCUT2D eigenvalue weighted by molar-refractivity contribution is 6.04. The third-order valence-electron chi connectivity index (χ3n) is 3.87. The van der Waals surface area contributed by atoms with Crippen LogP contribution in [0.1, 0.15) is 16.8 Å². The van der Waals surface area contributed by atoms with Crippen LogP contribution in [0.3, 0.4) is 0 Å². The number of amides is 3. The zero-order valence-electron chi connectivity index (χ0n) is 13.4. The Morgan fingerprint density at radius 1 is 1.12 bits per heavy atom. The molecule has 1 aliphatic rings. The minimum Gasteiger partial charge on any atom is -0.497 e. The SMILES string of the molecule is COc1ccc(C(=O)Nc2ccc(N3CCCNC3=O)cc2)cc1.